The van der Waals surface area contributed by atoms with Crippen molar-refractivity contribution in [2.24, 2.45) is 0 Å². The maximum atomic E-state index is 13.3. The predicted molar refractivity (Wildman–Crippen MR) is 112 cm³/mol. The standard InChI is InChI=1S/C23H23BrN2O/c24-18-7-5-17(6-8-18)23(11-12-23)22(27)26-13-9-16(10-14-26)20-15-25-21-4-2-1-3-19(20)21/h1-8,15-16,25H,9-14H2. The molecular formula is C23H23BrN2O. The molecule has 1 aliphatic carbocycles. The minimum absolute atomic E-state index is 0.256. The van der Waals surface area contributed by atoms with Crippen LogP contribution in [0, 0.1) is 0 Å². The Hall–Kier alpha value is -2.07. The quantitative estimate of drug-likeness (QED) is 0.604. The first kappa shape index (κ1) is 17.1. The highest BCUT2D eigenvalue weighted by molar-refractivity contribution is 9.10. The van der Waals surface area contributed by atoms with E-state index in [0.717, 1.165) is 43.2 Å². The van der Waals surface area contributed by atoms with Crippen LogP contribution in [0.1, 0.15) is 42.7 Å². The Balaban J connectivity index is 1.30. The van der Waals surface area contributed by atoms with E-state index in [1.807, 2.05) is 12.1 Å². The summed E-state index contributed by atoms with van der Waals surface area (Å²) in [7, 11) is 0. The number of nitrogens with zero attached hydrogens (tertiary/aromatic N) is 1. The molecule has 1 N–H and O–H groups in total. The number of likely N-dealkylation sites (tertiary alicyclic amines) is 1. The number of carbonyl (C=O) groups excluding carboxylic acids is 1. The molecule has 2 aliphatic rings. The van der Waals surface area contributed by atoms with Gasteiger partial charge in [-0.05, 0) is 60.9 Å². The molecule has 0 unspecified atom stereocenters. The van der Waals surface area contributed by atoms with Crippen LogP contribution < -0.4 is 0 Å². The van der Waals surface area contributed by atoms with Crippen LogP contribution in [0.2, 0.25) is 0 Å². The first-order chi connectivity index (χ1) is 13.2. The fourth-order valence-electron chi connectivity index (χ4n) is 4.65. The number of aromatic amines is 1. The summed E-state index contributed by atoms with van der Waals surface area (Å²) in [6.07, 6.45) is 6.22. The average molecular weight is 423 g/mol. The van der Waals surface area contributed by atoms with Crippen molar-refractivity contribution in [1.29, 1.82) is 0 Å². The molecule has 5 rings (SSSR count). The number of fused-ring (bicyclic) bond motifs is 1. The Morgan fingerprint density at radius 2 is 1.74 bits per heavy atom. The lowest BCUT2D eigenvalue weighted by molar-refractivity contribution is -0.135. The average Bonchev–Trinajstić information content (AvgIpc) is 3.41. The van der Waals surface area contributed by atoms with Crippen LogP contribution in [-0.4, -0.2) is 28.9 Å². The molecule has 0 atom stereocenters. The monoisotopic (exact) mass is 422 g/mol. The van der Waals surface area contributed by atoms with Crippen LogP contribution in [-0.2, 0) is 10.2 Å². The zero-order chi connectivity index (χ0) is 18.4. The van der Waals surface area contributed by atoms with Gasteiger partial charge in [0.25, 0.3) is 0 Å². The van der Waals surface area contributed by atoms with Gasteiger partial charge in [0.05, 0.1) is 5.41 Å². The van der Waals surface area contributed by atoms with Crippen molar-refractivity contribution in [3.63, 3.8) is 0 Å². The third kappa shape index (κ3) is 2.91. The van der Waals surface area contributed by atoms with Gasteiger partial charge in [-0.3, -0.25) is 4.79 Å². The van der Waals surface area contributed by atoms with Gasteiger partial charge in [-0.1, -0.05) is 46.3 Å². The SMILES string of the molecule is O=C(N1CCC(c2c[nH]c3ccccc23)CC1)C1(c2ccc(Br)cc2)CC1. The normalized spacial score (nSPS) is 19.4. The minimum atomic E-state index is -0.256. The van der Waals surface area contributed by atoms with E-state index < -0.39 is 0 Å². The number of H-pyrrole nitrogens is 1. The highest BCUT2D eigenvalue weighted by Crippen LogP contribution is 2.50. The zero-order valence-corrected chi connectivity index (χ0v) is 16.8. The van der Waals surface area contributed by atoms with Crippen molar-refractivity contribution < 1.29 is 4.79 Å². The number of halogens is 1. The number of benzene rings is 2. The molecule has 1 aromatic heterocycles. The summed E-state index contributed by atoms with van der Waals surface area (Å²) in [6, 6.07) is 16.8. The van der Waals surface area contributed by atoms with Crippen LogP contribution in [0.25, 0.3) is 10.9 Å². The summed E-state index contributed by atoms with van der Waals surface area (Å²) in [5, 5.41) is 1.33. The molecule has 0 radical (unpaired) electrons. The third-order valence-electron chi connectivity index (χ3n) is 6.40. The molecule has 3 nitrogen and oxygen atoms in total. The molecule has 0 bridgehead atoms. The van der Waals surface area contributed by atoms with Gasteiger partial charge in [-0.25, -0.2) is 0 Å². The van der Waals surface area contributed by atoms with Gasteiger partial charge in [0.1, 0.15) is 0 Å². The van der Waals surface area contributed by atoms with E-state index >= 15 is 0 Å². The second kappa shape index (κ2) is 6.52. The largest absolute Gasteiger partial charge is 0.361 e. The van der Waals surface area contributed by atoms with Crippen molar-refractivity contribution >= 4 is 32.7 Å². The number of amides is 1. The second-order valence-electron chi connectivity index (χ2n) is 7.95. The van der Waals surface area contributed by atoms with Gasteiger partial charge >= 0.3 is 0 Å². The highest BCUT2D eigenvalue weighted by Gasteiger charge is 2.53. The van der Waals surface area contributed by atoms with Crippen molar-refractivity contribution in [2.45, 2.75) is 37.0 Å². The lowest BCUT2D eigenvalue weighted by Gasteiger charge is -2.34. The smallest absolute Gasteiger partial charge is 0.233 e. The molecule has 1 amide bonds. The van der Waals surface area contributed by atoms with Gasteiger partial charge in [-0.2, -0.15) is 0 Å². The van der Waals surface area contributed by atoms with Crippen molar-refractivity contribution in [1.82, 2.24) is 9.88 Å². The van der Waals surface area contributed by atoms with E-state index in [9.17, 15) is 4.79 Å². The Kier molecular flexibility index (Phi) is 4.12. The molecule has 2 heterocycles. The fourth-order valence-corrected chi connectivity index (χ4v) is 4.91. The topological polar surface area (TPSA) is 36.1 Å². The molecule has 4 heteroatoms. The van der Waals surface area contributed by atoms with E-state index in [4.69, 9.17) is 0 Å². The number of nitrogens with one attached hydrogen (secondary N) is 1. The second-order valence-corrected chi connectivity index (χ2v) is 8.86. The molecule has 27 heavy (non-hydrogen) atoms. The number of aromatic nitrogens is 1. The number of rotatable bonds is 3. The van der Waals surface area contributed by atoms with Gasteiger partial charge in [-0.15, -0.1) is 0 Å². The molecule has 2 aromatic carbocycles. The van der Waals surface area contributed by atoms with Crippen molar-refractivity contribution in [3.8, 4) is 0 Å². The molecule has 1 saturated carbocycles. The summed E-state index contributed by atoms with van der Waals surface area (Å²) in [4.78, 5) is 18.8. The first-order valence-electron chi connectivity index (χ1n) is 9.79. The number of hydrogen-bond donors (Lipinski definition) is 1. The van der Waals surface area contributed by atoms with Crippen molar-refractivity contribution in [2.75, 3.05) is 13.1 Å². The number of piperidine rings is 1. The Bertz CT molecular complexity index is 979. The third-order valence-corrected chi connectivity index (χ3v) is 6.93. The van der Waals surface area contributed by atoms with E-state index in [-0.39, 0.29) is 5.41 Å². The Labute approximate surface area is 167 Å². The summed E-state index contributed by atoms with van der Waals surface area (Å²) in [6.45, 7) is 1.72. The first-order valence-corrected chi connectivity index (χ1v) is 10.6. The highest BCUT2D eigenvalue weighted by atomic mass is 79.9. The van der Waals surface area contributed by atoms with Gasteiger partial charge in [0.2, 0.25) is 5.91 Å². The minimum Gasteiger partial charge on any atom is -0.361 e. The molecule has 138 valence electrons. The number of carbonyl (C=O) groups is 1. The van der Waals surface area contributed by atoms with Crippen LogP contribution in [0.3, 0.4) is 0 Å². The maximum Gasteiger partial charge on any atom is 0.233 e. The van der Waals surface area contributed by atoms with E-state index in [2.05, 4.69) is 68.4 Å². The summed E-state index contributed by atoms with van der Waals surface area (Å²) in [5.41, 5.74) is 3.54. The molecule has 1 saturated heterocycles. The molecular weight excluding hydrogens is 400 g/mol. The summed E-state index contributed by atoms with van der Waals surface area (Å²) < 4.78 is 1.06. The lowest BCUT2D eigenvalue weighted by Crippen LogP contribution is -2.43. The van der Waals surface area contributed by atoms with Crippen LogP contribution in [0.15, 0.2) is 59.2 Å². The lowest BCUT2D eigenvalue weighted by atomic mass is 9.87. The summed E-state index contributed by atoms with van der Waals surface area (Å²) >= 11 is 3.49. The fraction of sp³-hybridized carbons (Fsp3) is 0.348. The van der Waals surface area contributed by atoms with Gasteiger partial charge in [0, 0.05) is 34.7 Å². The molecule has 1 aliphatic heterocycles. The summed E-state index contributed by atoms with van der Waals surface area (Å²) in [5.74, 6) is 0.871. The number of para-hydroxylation sites is 1. The van der Waals surface area contributed by atoms with E-state index in [1.54, 1.807) is 0 Å². The maximum absolute atomic E-state index is 13.3. The van der Waals surface area contributed by atoms with E-state index in [0.29, 0.717) is 11.8 Å². The van der Waals surface area contributed by atoms with E-state index in [1.165, 1.54) is 22.0 Å². The predicted octanol–water partition coefficient (Wildman–Crippen LogP) is 5.37. The van der Waals surface area contributed by atoms with Crippen LogP contribution in [0.4, 0.5) is 0 Å². The van der Waals surface area contributed by atoms with Crippen molar-refractivity contribution in [3.05, 3.63) is 70.3 Å². The van der Waals surface area contributed by atoms with Crippen LogP contribution >= 0.6 is 15.9 Å². The zero-order valence-electron chi connectivity index (χ0n) is 15.2. The molecule has 3 aromatic rings. The van der Waals surface area contributed by atoms with Crippen LogP contribution in [0.5, 0.6) is 0 Å². The molecule has 0 spiro atoms. The Morgan fingerprint density at radius 3 is 2.44 bits per heavy atom. The Morgan fingerprint density at radius 1 is 1.04 bits per heavy atom. The molecule has 2 fully saturated rings. The number of hydrogen-bond acceptors (Lipinski definition) is 1. The van der Waals surface area contributed by atoms with Gasteiger partial charge < -0.3 is 9.88 Å². The van der Waals surface area contributed by atoms with Gasteiger partial charge in [0.15, 0.2) is 0 Å².